The van der Waals surface area contributed by atoms with Gasteiger partial charge in [-0.25, -0.2) is 9.78 Å². The molecule has 4 aromatic rings. The summed E-state index contributed by atoms with van der Waals surface area (Å²) in [5.41, 5.74) is 0.991. The van der Waals surface area contributed by atoms with E-state index in [-0.39, 0.29) is 11.3 Å². The number of benzene rings is 2. The number of esters is 1. The summed E-state index contributed by atoms with van der Waals surface area (Å²) >= 11 is 0. The molecular formula is C23H15FN4O5. The van der Waals surface area contributed by atoms with E-state index in [1.807, 2.05) is 0 Å². The number of pyridine rings is 2. The second-order valence-corrected chi connectivity index (χ2v) is 6.83. The molecule has 0 saturated carbocycles. The summed E-state index contributed by atoms with van der Waals surface area (Å²) in [6.45, 7) is -0.653. The Hall–Kier alpha value is -4.73. The van der Waals surface area contributed by atoms with Crippen LogP contribution >= 0.6 is 0 Å². The number of fused-ring (bicyclic) bond motifs is 1. The highest BCUT2D eigenvalue weighted by Crippen LogP contribution is 2.25. The fourth-order valence-electron chi connectivity index (χ4n) is 3.13. The SMILES string of the molecule is O=C(COC(=O)c1cc(-c2ccccn2)nc2ccccc12)Nc1ccc(F)c([N+](=O)[O-])c1. The van der Waals surface area contributed by atoms with E-state index in [2.05, 4.69) is 15.3 Å². The number of rotatable bonds is 6. The number of aromatic nitrogens is 2. The topological polar surface area (TPSA) is 124 Å². The first-order valence-electron chi connectivity index (χ1n) is 9.64. The van der Waals surface area contributed by atoms with Gasteiger partial charge < -0.3 is 10.1 Å². The number of nitro groups is 1. The number of hydrogen-bond donors (Lipinski definition) is 1. The standard InChI is InChI=1S/C23H15FN4O5/c24-17-9-8-14(11-21(17)28(31)32)26-22(29)13-33-23(30)16-12-20(19-7-3-4-10-25-19)27-18-6-2-1-5-15(16)18/h1-12H,13H2,(H,26,29). The van der Waals surface area contributed by atoms with Crippen molar-refractivity contribution in [3.05, 3.63) is 94.4 Å². The average Bonchev–Trinajstić information content (AvgIpc) is 2.83. The van der Waals surface area contributed by atoms with Crippen LogP contribution in [0.1, 0.15) is 10.4 Å². The average molecular weight is 446 g/mol. The number of anilines is 1. The lowest BCUT2D eigenvalue weighted by Crippen LogP contribution is -2.21. The first-order valence-corrected chi connectivity index (χ1v) is 9.64. The number of hydrogen-bond acceptors (Lipinski definition) is 7. The quantitative estimate of drug-likeness (QED) is 0.268. The number of ether oxygens (including phenoxy) is 1. The maximum absolute atomic E-state index is 13.4. The van der Waals surface area contributed by atoms with E-state index in [1.54, 1.807) is 48.7 Å². The molecule has 9 nitrogen and oxygen atoms in total. The lowest BCUT2D eigenvalue weighted by molar-refractivity contribution is -0.387. The molecule has 0 fully saturated rings. The lowest BCUT2D eigenvalue weighted by atomic mass is 10.1. The first-order chi connectivity index (χ1) is 15.9. The number of carbonyl (C=O) groups is 2. The van der Waals surface area contributed by atoms with Crippen molar-refractivity contribution in [3.8, 4) is 11.4 Å². The molecule has 33 heavy (non-hydrogen) atoms. The number of carbonyl (C=O) groups excluding carboxylic acids is 2. The highest BCUT2D eigenvalue weighted by atomic mass is 19.1. The first kappa shape index (κ1) is 21.5. The predicted octanol–water partition coefficient (Wildman–Crippen LogP) is 4.14. The summed E-state index contributed by atoms with van der Waals surface area (Å²) in [4.78, 5) is 43.7. The van der Waals surface area contributed by atoms with Crippen LogP contribution in [0, 0.1) is 15.9 Å². The summed E-state index contributed by atoms with van der Waals surface area (Å²) in [5, 5.41) is 13.7. The monoisotopic (exact) mass is 446 g/mol. The molecule has 2 aromatic carbocycles. The third-order valence-electron chi connectivity index (χ3n) is 4.62. The fourth-order valence-corrected chi connectivity index (χ4v) is 3.13. The molecule has 0 aliphatic heterocycles. The minimum absolute atomic E-state index is 0.00375. The number of nitrogens with zero attached hydrogens (tertiary/aromatic N) is 3. The molecule has 4 rings (SSSR count). The lowest BCUT2D eigenvalue weighted by Gasteiger charge is -2.10. The van der Waals surface area contributed by atoms with Gasteiger partial charge in [0.15, 0.2) is 6.61 Å². The Morgan fingerprint density at radius 3 is 2.58 bits per heavy atom. The number of nitro benzene ring substituents is 1. The zero-order valence-corrected chi connectivity index (χ0v) is 16.9. The van der Waals surface area contributed by atoms with E-state index in [0.29, 0.717) is 22.3 Å². The molecule has 2 aromatic heterocycles. The minimum Gasteiger partial charge on any atom is -0.452 e. The van der Waals surface area contributed by atoms with Crippen molar-refractivity contribution >= 4 is 34.2 Å². The van der Waals surface area contributed by atoms with Gasteiger partial charge in [-0.1, -0.05) is 24.3 Å². The van der Waals surface area contributed by atoms with Crippen LogP contribution in [0.2, 0.25) is 0 Å². The van der Waals surface area contributed by atoms with E-state index in [0.717, 1.165) is 18.2 Å². The van der Waals surface area contributed by atoms with Crippen LogP contribution in [0.15, 0.2) is 72.9 Å². The highest BCUT2D eigenvalue weighted by molar-refractivity contribution is 6.05. The molecule has 0 bridgehead atoms. The van der Waals surface area contributed by atoms with Gasteiger partial charge in [-0.15, -0.1) is 0 Å². The molecule has 1 amide bonds. The summed E-state index contributed by atoms with van der Waals surface area (Å²) < 4.78 is 18.6. The van der Waals surface area contributed by atoms with Crippen molar-refractivity contribution in [2.45, 2.75) is 0 Å². The Kier molecular flexibility index (Phi) is 5.98. The second kappa shape index (κ2) is 9.18. The van der Waals surface area contributed by atoms with E-state index >= 15 is 0 Å². The van der Waals surface area contributed by atoms with Gasteiger partial charge in [-0.3, -0.25) is 19.9 Å². The Balaban J connectivity index is 1.53. The van der Waals surface area contributed by atoms with Crippen molar-refractivity contribution < 1.29 is 23.6 Å². The molecule has 2 heterocycles. The molecule has 0 unspecified atom stereocenters. The largest absolute Gasteiger partial charge is 0.452 e. The maximum Gasteiger partial charge on any atom is 0.339 e. The highest BCUT2D eigenvalue weighted by Gasteiger charge is 2.18. The summed E-state index contributed by atoms with van der Waals surface area (Å²) in [5.74, 6) is -2.53. The van der Waals surface area contributed by atoms with Gasteiger partial charge in [-0.05, 0) is 36.4 Å². The molecule has 0 spiro atoms. The van der Waals surface area contributed by atoms with Crippen molar-refractivity contribution in [1.82, 2.24) is 9.97 Å². The molecule has 0 radical (unpaired) electrons. The zero-order valence-electron chi connectivity index (χ0n) is 16.9. The van der Waals surface area contributed by atoms with Gasteiger partial charge in [-0.2, -0.15) is 4.39 Å². The third kappa shape index (κ3) is 4.79. The third-order valence-corrected chi connectivity index (χ3v) is 4.62. The van der Waals surface area contributed by atoms with Gasteiger partial charge in [0.25, 0.3) is 5.91 Å². The van der Waals surface area contributed by atoms with Crippen LogP contribution in [-0.4, -0.2) is 33.4 Å². The van der Waals surface area contributed by atoms with Crippen molar-refractivity contribution in [2.75, 3.05) is 11.9 Å². The second-order valence-electron chi connectivity index (χ2n) is 6.83. The van der Waals surface area contributed by atoms with Crippen molar-refractivity contribution in [2.24, 2.45) is 0 Å². The minimum atomic E-state index is -1.03. The maximum atomic E-state index is 13.4. The molecule has 0 aliphatic rings. The van der Waals surface area contributed by atoms with Gasteiger partial charge >= 0.3 is 11.7 Å². The summed E-state index contributed by atoms with van der Waals surface area (Å²) in [6.07, 6.45) is 1.61. The molecule has 1 N–H and O–H groups in total. The molecule has 164 valence electrons. The molecule has 0 saturated heterocycles. The van der Waals surface area contributed by atoms with E-state index in [1.165, 1.54) is 6.07 Å². The van der Waals surface area contributed by atoms with Crippen LogP contribution < -0.4 is 5.32 Å². The summed E-state index contributed by atoms with van der Waals surface area (Å²) in [6, 6.07) is 16.7. The zero-order chi connectivity index (χ0) is 23.4. The van der Waals surface area contributed by atoms with Gasteiger partial charge in [0, 0.05) is 23.3 Å². The molecular weight excluding hydrogens is 431 g/mol. The van der Waals surface area contributed by atoms with Crippen LogP contribution in [-0.2, 0) is 9.53 Å². The number of para-hydroxylation sites is 1. The summed E-state index contributed by atoms with van der Waals surface area (Å²) in [7, 11) is 0. The van der Waals surface area contributed by atoms with Gasteiger partial charge in [0.1, 0.15) is 0 Å². The molecule has 0 atom stereocenters. The van der Waals surface area contributed by atoms with E-state index in [9.17, 15) is 24.1 Å². The molecule has 0 aliphatic carbocycles. The van der Waals surface area contributed by atoms with Crippen LogP contribution in [0.3, 0.4) is 0 Å². The Morgan fingerprint density at radius 1 is 1.03 bits per heavy atom. The van der Waals surface area contributed by atoms with Crippen LogP contribution in [0.5, 0.6) is 0 Å². The van der Waals surface area contributed by atoms with E-state index in [4.69, 9.17) is 4.74 Å². The Labute approximate surface area is 186 Å². The van der Waals surface area contributed by atoms with Gasteiger partial charge in [0.05, 0.1) is 27.4 Å². The van der Waals surface area contributed by atoms with E-state index < -0.39 is 34.9 Å². The molecule has 10 heteroatoms. The Bertz CT molecular complexity index is 1380. The van der Waals surface area contributed by atoms with Crippen LogP contribution in [0.4, 0.5) is 15.8 Å². The fraction of sp³-hybridized carbons (Fsp3) is 0.0435. The number of nitrogens with one attached hydrogen (secondary N) is 1. The number of halogens is 1. The van der Waals surface area contributed by atoms with Crippen molar-refractivity contribution in [1.29, 1.82) is 0 Å². The normalized spacial score (nSPS) is 10.6. The van der Waals surface area contributed by atoms with Crippen LogP contribution in [0.25, 0.3) is 22.3 Å². The number of amides is 1. The Morgan fingerprint density at radius 2 is 1.82 bits per heavy atom. The smallest absolute Gasteiger partial charge is 0.339 e. The predicted molar refractivity (Wildman–Crippen MR) is 117 cm³/mol. The van der Waals surface area contributed by atoms with Gasteiger partial charge in [0.2, 0.25) is 5.82 Å². The van der Waals surface area contributed by atoms with Crippen molar-refractivity contribution in [3.63, 3.8) is 0 Å².